The Morgan fingerprint density at radius 3 is 2.36 bits per heavy atom. The average Bonchev–Trinajstić information content (AvgIpc) is 2.65. The lowest BCUT2D eigenvalue weighted by molar-refractivity contribution is -0.128. The fraction of sp³-hybridized carbons (Fsp3) is 0.889. The van der Waals surface area contributed by atoms with Crippen molar-refractivity contribution in [3.8, 4) is 0 Å². The topological polar surface area (TPSA) is 17.1 Å². The Hall–Kier alpha value is -0.400. The molecule has 0 aromatic rings. The molecule has 11 heavy (non-hydrogen) atoms. The third-order valence-electron chi connectivity index (χ3n) is 2.60. The van der Waals surface area contributed by atoms with E-state index in [0.717, 1.165) is 6.42 Å². The number of hydrogen-bond donors (Lipinski definition) is 0. The largest absolute Gasteiger partial charge is 0.299 e. The number of carbonyl (C=O) groups is 1. The molecule has 1 aliphatic carbocycles. The zero-order valence-corrected chi connectivity index (χ0v) is 7.36. The second-order valence-electron chi connectivity index (χ2n) is 3.96. The van der Waals surface area contributed by atoms with E-state index in [1.165, 1.54) is 0 Å². The molecular formula is C9H15FO. The predicted molar refractivity (Wildman–Crippen MR) is 42.1 cm³/mol. The zero-order chi connectivity index (χ0) is 8.65. The fourth-order valence-corrected chi connectivity index (χ4v) is 1.11. The summed E-state index contributed by atoms with van der Waals surface area (Å²) >= 11 is 0. The van der Waals surface area contributed by atoms with Crippen molar-refractivity contribution >= 4 is 5.78 Å². The number of alkyl halides is 1. The molecule has 2 atom stereocenters. The van der Waals surface area contributed by atoms with Crippen LogP contribution in [0.15, 0.2) is 0 Å². The van der Waals surface area contributed by atoms with Crippen LogP contribution in [0, 0.1) is 11.3 Å². The van der Waals surface area contributed by atoms with Crippen molar-refractivity contribution in [3.05, 3.63) is 0 Å². The maximum absolute atomic E-state index is 12.5. The molecule has 0 bridgehead atoms. The van der Waals surface area contributed by atoms with Gasteiger partial charge in [-0.3, -0.25) is 4.79 Å². The first-order valence-electron chi connectivity index (χ1n) is 4.17. The van der Waals surface area contributed by atoms with Gasteiger partial charge < -0.3 is 0 Å². The van der Waals surface area contributed by atoms with E-state index in [0.29, 0.717) is 6.42 Å². The second kappa shape index (κ2) is 2.58. The van der Waals surface area contributed by atoms with Gasteiger partial charge in [0.1, 0.15) is 12.0 Å². The molecule has 2 heteroatoms. The van der Waals surface area contributed by atoms with Gasteiger partial charge in [0.05, 0.1) is 5.92 Å². The van der Waals surface area contributed by atoms with Gasteiger partial charge in [-0.15, -0.1) is 0 Å². The monoisotopic (exact) mass is 158 g/mol. The number of halogens is 1. The molecule has 1 nitrogen and oxygen atoms in total. The normalized spacial score (nSPS) is 30.2. The van der Waals surface area contributed by atoms with Crippen molar-refractivity contribution in [2.45, 2.75) is 39.8 Å². The summed E-state index contributed by atoms with van der Waals surface area (Å²) in [5.74, 6) is -0.169. The summed E-state index contributed by atoms with van der Waals surface area (Å²) in [6.07, 6.45) is 0.422. The third kappa shape index (κ3) is 1.60. The van der Waals surface area contributed by atoms with E-state index in [-0.39, 0.29) is 17.1 Å². The average molecular weight is 158 g/mol. The van der Waals surface area contributed by atoms with Crippen molar-refractivity contribution in [1.29, 1.82) is 0 Å². The Kier molecular flexibility index (Phi) is 2.04. The number of rotatable bonds is 3. The lowest BCUT2D eigenvalue weighted by atomic mass is 9.83. The summed E-state index contributed by atoms with van der Waals surface area (Å²) in [4.78, 5) is 11.4. The van der Waals surface area contributed by atoms with E-state index in [9.17, 15) is 9.18 Å². The molecule has 0 aromatic heterocycles. The first-order valence-corrected chi connectivity index (χ1v) is 4.17. The summed E-state index contributed by atoms with van der Waals surface area (Å²) in [6.45, 7) is 5.74. The summed E-state index contributed by atoms with van der Waals surface area (Å²) in [5, 5.41) is 0. The molecule has 64 valence electrons. The highest BCUT2D eigenvalue weighted by molar-refractivity contribution is 5.89. The summed E-state index contributed by atoms with van der Waals surface area (Å²) in [5.41, 5.74) is -0.314. The van der Waals surface area contributed by atoms with Crippen LogP contribution in [0.5, 0.6) is 0 Å². The minimum atomic E-state index is -0.840. The fourth-order valence-electron chi connectivity index (χ4n) is 1.11. The van der Waals surface area contributed by atoms with Crippen molar-refractivity contribution in [2.24, 2.45) is 11.3 Å². The van der Waals surface area contributed by atoms with Gasteiger partial charge in [0.25, 0.3) is 0 Å². The summed E-state index contributed by atoms with van der Waals surface area (Å²) in [7, 11) is 0. The molecule has 0 radical (unpaired) electrons. The quantitative estimate of drug-likeness (QED) is 0.616. The van der Waals surface area contributed by atoms with Crippen molar-refractivity contribution in [2.75, 3.05) is 0 Å². The molecule has 0 aromatic carbocycles. The van der Waals surface area contributed by atoms with Crippen molar-refractivity contribution < 1.29 is 9.18 Å². The Morgan fingerprint density at radius 2 is 2.09 bits per heavy atom. The first-order chi connectivity index (χ1) is 4.99. The highest BCUT2D eigenvalue weighted by atomic mass is 19.1. The Morgan fingerprint density at radius 1 is 1.64 bits per heavy atom. The van der Waals surface area contributed by atoms with Crippen LogP contribution in [0.2, 0.25) is 0 Å². The van der Waals surface area contributed by atoms with Crippen LogP contribution in [-0.2, 0) is 4.79 Å². The van der Waals surface area contributed by atoms with E-state index < -0.39 is 6.17 Å². The molecule has 0 unspecified atom stereocenters. The second-order valence-corrected chi connectivity index (χ2v) is 3.96. The smallest absolute Gasteiger partial charge is 0.144 e. The SMILES string of the molecule is CCC(C)(C)C(=O)[C@H]1C[C@H]1F. The van der Waals surface area contributed by atoms with E-state index in [1.807, 2.05) is 20.8 Å². The lowest BCUT2D eigenvalue weighted by Crippen LogP contribution is -2.25. The Balaban J connectivity index is 2.54. The van der Waals surface area contributed by atoms with E-state index in [2.05, 4.69) is 0 Å². The van der Waals surface area contributed by atoms with Gasteiger partial charge in [0.2, 0.25) is 0 Å². The van der Waals surface area contributed by atoms with Gasteiger partial charge in [0, 0.05) is 5.41 Å². The van der Waals surface area contributed by atoms with Crippen LogP contribution in [0.25, 0.3) is 0 Å². The molecule has 0 amide bonds. The van der Waals surface area contributed by atoms with Gasteiger partial charge in [-0.05, 0) is 12.8 Å². The third-order valence-corrected chi connectivity index (χ3v) is 2.60. The van der Waals surface area contributed by atoms with E-state index in [4.69, 9.17) is 0 Å². The van der Waals surface area contributed by atoms with Crippen LogP contribution in [0.4, 0.5) is 4.39 Å². The number of hydrogen-bond acceptors (Lipinski definition) is 1. The molecular weight excluding hydrogens is 143 g/mol. The van der Waals surface area contributed by atoms with E-state index in [1.54, 1.807) is 0 Å². The maximum Gasteiger partial charge on any atom is 0.144 e. The van der Waals surface area contributed by atoms with Crippen LogP contribution < -0.4 is 0 Å². The molecule has 0 spiro atoms. The summed E-state index contributed by atoms with van der Waals surface area (Å²) < 4.78 is 12.5. The molecule has 1 fully saturated rings. The Bertz CT molecular complexity index is 174. The predicted octanol–water partition coefficient (Wildman–Crippen LogP) is 2.35. The van der Waals surface area contributed by atoms with Crippen LogP contribution in [0.1, 0.15) is 33.6 Å². The highest BCUT2D eigenvalue weighted by Gasteiger charge is 2.47. The summed E-state index contributed by atoms with van der Waals surface area (Å²) in [6, 6.07) is 0. The number of carbonyl (C=O) groups excluding carboxylic acids is 1. The number of ketones is 1. The lowest BCUT2D eigenvalue weighted by Gasteiger charge is -2.20. The molecule has 0 N–H and O–H groups in total. The van der Waals surface area contributed by atoms with Gasteiger partial charge >= 0.3 is 0 Å². The van der Waals surface area contributed by atoms with Crippen molar-refractivity contribution in [1.82, 2.24) is 0 Å². The maximum atomic E-state index is 12.5. The zero-order valence-electron chi connectivity index (χ0n) is 7.36. The van der Waals surface area contributed by atoms with Crippen molar-refractivity contribution in [3.63, 3.8) is 0 Å². The van der Waals surface area contributed by atoms with E-state index >= 15 is 0 Å². The van der Waals surface area contributed by atoms with Gasteiger partial charge in [-0.1, -0.05) is 20.8 Å². The molecule has 1 aliphatic rings. The van der Waals surface area contributed by atoms with Crippen LogP contribution in [-0.4, -0.2) is 12.0 Å². The highest BCUT2D eigenvalue weighted by Crippen LogP contribution is 2.40. The van der Waals surface area contributed by atoms with Crippen LogP contribution >= 0.6 is 0 Å². The Labute approximate surface area is 67.0 Å². The molecule has 1 saturated carbocycles. The molecule has 1 rings (SSSR count). The first kappa shape index (κ1) is 8.69. The number of Topliss-reactive ketones (excluding diaryl/α,β-unsaturated/α-hetero) is 1. The minimum Gasteiger partial charge on any atom is -0.299 e. The minimum absolute atomic E-state index is 0.104. The van der Waals surface area contributed by atoms with Gasteiger partial charge in [-0.2, -0.15) is 0 Å². The van der Waals surface area contributed by atoms with Gasteiger partial charge in [0.15, 0.2) is 0 Å². The molecule has 0 heterocycles. The van der Waals surface area contributed by atoms with Crippen LogP contribution in [0.3, 0.4) is 0 Å². The van der Waals surface area contributed by atoms with Gasteiger partial charge in [-0.25, -0.2) is 4.39 Å². The molecule has 0 saturated heterocycles. The molecule has 0 aliphatic heterocycles. The standard InChI is InChI=1S/C9H15FO/c1-4-9(2,3)8(11)6-5-7(6)10/h6-7H,4-5H2,1-3H3/t6-,7+/m0/s1.